The number of benzene rings is 1. The van der Waals surface area contributed by atoms with Crippen molar-refractivity contribution in [3.8, 4) is 0 Å². The van der Waals surface area contributed by atoms with Crippen LogP contribution >= 0.6 is 24.8 Å². The molecule has 0 amide bonds. The van der Waals surface area contributed by atoms with Crippen molar-refractivity contribution in [1.29, 1.82) is 0 Å². The van der Waals surface area contributed by atoms with E-state index in [1.54, 1.807) is 0 Å². The number of hydrogen-bond acceptors (Lipinski definition) is 6. The molecular weight excluding hydrogens is 409 g/mol. The number of hydrogen-bond donors (Lipinski definition) is 2. The Bertz CT molecular complexity index is 736. The van der Waals surface area contributed by atoms with Crippen LogP contribution in [0.2, 0.25) is 0 Å². The molecule has 1 saturated heterocycles. The molecule has 1 aliphatic rings. The van der Waals surface area contributed by atoms with Gasteiger partial charge in [0.1, 0.15) is 0 Å². The minimum Gasteiger partial charge on any atom is -0.314 e. The first-order chi connectivity index (χ1) is 10.8. The van der Waals surface area contributed by atoms with E-state index in [9.17, 15) is 16.8 Å². The molecule has 1 aromatic carbocycles. The van der Waals surface area contributed by atoms with E-state index in [2.05, 4.69) is 14.9 Å². The van der Waals surface area contributed by atoms with Crippen molar-refractivity contribution in [3.63, 3.8) is 0 Å². The maximum atomic E-state index is 12.3. The summed E-state index contributed by atoms with van der Waals surface area (Å²) < 4.78 is 50.9. The molecule has 1 aliphatic heterocycles. The summed E-state index contributed by atoms with van der Waals surface area (Å²) in [5.41, 5.74) is 0. The van der Waals surface area contributed by atoms with Crippen molar-refractivity contribution in [3.05, 3.63) is 24.3 Å². The summed E-state index contributed by atoms with van der Waals surface area (Å²) in [6.07, 6.45) is 0. The third kappa shape index (κ3) is 7.01. The summed E-state index contributed by atoms with van der Waals surface area (Å²) in [5, 5.41) is 3.24. The van der Waals surface area contributed by atoms with E-state index < -0.39 is 19.9 Å². The van der Waals surface area contributed by atoms with Gasteiger partial charge in [-0.1, -0.05) is 13.0 Å². The quantitative estimate of drug-likeness (QED) is 0.649. The maximum Gasteiger partial charge on any atom is 0.240 e. The number of piperazine rings is 1. The van der Waals surface area contributed by atoms with Crippen LogP contribution < -0.4 is 10.0 Å². The summed E-state index contributed by atoms with van der Waals surface area (Å²) in [6.45, 7) is 6.06. The van der Waals surface area contributed by atoms with Crippen molar-refractivity contribution < 1.29 is 16.8 Å². The van der Waals surface area contributed by atoms with E-state index in [-0.39, 0.29) is 40.4 Å². The lowest BCUT2D eigenvalue weighted by Gasteiger charge is -2.27. The van der Waals surface area contributed by atoms with Crippen molar-refractivity contribution >= 4 is 44.7 Å². The summed E-state index contributed by atoms with van der Waals surface area (Å²) >= 11 is 0. The van der Waals surface area contributed by atoms with E-state index in [0.717, 1.165) is 26.2 Å². The Morgan fingerprint density at radius 1 is 1.08 bits per heavy atom. The second-order valence-electron chi connectivity index (χ2n) is 5.37. The topological polar surface area (TPSA) is 95.6 Å². The highest BCUT2D eigenvalue weighted by Gasteiger charge is 2.19. The van der Waals surface area contributed by atoms with Crippen LogP contribution in [-0.2, 0) is 19.9 Å². The monoisotopic (exact) mass is 433 g/mol. The van der Waals surface area contributed by atoms with E-state index in [1.807, 2.05) is 0 Å². The van der Waals surface area contributed by atoms with E-state index in [1.165, 1.54) is 31.2 Å². The Morgan fingerprint density at radius 2 is 1.68 bits per heavy atom. The minimum absolute atomic E-state index is 0. The van der Waals surface area contributed by atoms with Crippen molar-refractivity contribution in [1.82, 2.24) is 14.9 Å². The van der Waals surface area contributed by atoms with Gasteiger partial charge in [0.25, 0.3) is 0 Å². The molecule has 0 aromatic heterocycles. The van der Waals surface area contributed by atoms with Crippen LogP contribution in [0.3, 0.4) is 0 Å². The lowest BCUT2D eigenvalue weighted by atomic mass is 10.3. The number of halogens is 2. The molecule has 2 rings (SSSR count). The van der Waals surface area contributed by atoms with Crippen LogP contribution in [0.15, 0.2) is 34.1 Å². The number of sulfone groups is 1. The summed E-state index contributed by atoms with van der Waals surface area (Å²) in [4.78, 5) is 2.19. The van der Waals surface area contributed by atoms with Gasteiger partial charge in [-0.15, -0.1) is 24.8 Å². The molecule has 2 N–H and O–H groups in total. The average molecular weight is 434 g/mol. The molecule has 0 atom stereocenters. The fraction of sp³-hybridized carbons (Fsp3) is 0.571. The number of rotatable bonds is 7. The lowest BCUT2D eigenvalue weighted by molar-refractivity contribution is 0.245. The van der Waals surface area contributed by atoms with Crippen LogP contribution in [-0.4, -0.2) is 66.8 Å². The highest BCUT2D eigenvalue weighted by atomic mass is 35.5. The Labute approximate surface area is 162 Å². The van der Waals surface area contributed by atoms with Crippen molar-refractivity contribution in [2.75, 3.05) is 45.0 Å². The Hall–Kier alpha value is -0.420. The second kappa shape index (κ2) is 10.7. The van der Waals surface area contributed by atoms with Gasteiger partial charge in [0, 0.05) is 39.3 Å². The first-order valence-corrected chi connectivity index (χ1v) is 10.7. The molecule has 7 nitrogen and oxygen atoms in total. The van der Waals surface area contributed by atoms with Crippen LogP contribution in [0.4, 0.5) is 0 Å². The van der Waals surface area contributed by atoms with Gasteiger partial charge in [0.15, 0.2) is 9.84 Å². The van der Waals surface area contributed by atoms with Crippen LogP contribution in [0, 0.1) is 0 Å². The highest BCUT2D eigenvalue weighted by Crippen LogP contribution is 2.16. The van der Waals surface area contributed by atoms with Gasteiger partial charge in [0.05, 0.1) is 15.5 Å². The molecule has 0 spiro atoms. The van der Waals surface area contributed by atoms with E-state index in [0.29, 0.717) is 13.1 Å². The molecule has 11 heteroatoms. The summed E-state index contributed by atoms with van der Waals surface area (Å²) in [7, 11) is -7.13. The van der Waals surface area contributed by atoms with Crippen LogP contribution in [0.1, 0.15) is 6.92 Å². The Morgan fingerprint density at radius 3 is 2.28 bits per heavy atom. The van der Waals surface area contributed by atoms with Gasteiger partial charge >= 0.3 is 0 Å². The van der Waals surface area contributed by atoms with E-state index >= 15 is 0 Å². The van der Waals surface area contributed by atoms with Gasteiger partial charge < -0.3 is 5.32 Å². The van der Waals surface area contributed by atoms with Gasteiger partial charge in [-0.2, -0.15) is 0 Å². The zero-order valence-corrected chi connectivity index (χ0v) is 17.2. The molecule has 0 radical (unpaired) electrons. The van der Waals surface area contributed by atoms with Crippen LogP contribution in [0.25, 0.3) is 0 Å². The largest absolute Gasteiger partial charge is 0.314 e. The van der Waals surface area contributed by atoms with Gasteiger partial charge in [-0.3, -0.25) is 4.90 Å². The SMILES string of the molecule is CCS(=O)(=O)c1cccc(S(=O)(=O)NCCN2CCNCC2)c1.Cl.Cl. The van der Waals surface area contributed by atoms with Crippen LogP contribution in [0.5, 0.6) is 0 Å². The molecule has 25 heavy (non-hydrogen) atoms. The molecule has 1 fully saturated rings. The normalized spacial score (nSPS) is 15.9. The number of sulfonamides is 1. The fourth-order valence-electron chi connectivity index (χ4n) is 2.36. The zero-order valence-electron chi connectivity index (χ0n) is 14.0. The smallest absolute Gasteiger partial charge is 0.240 e. The minimum atomic E-state index is -3.71. The fourth-order valence-corrected chi connectivity index (χ4v) is 4.42. The molecule has 1 heterocycles. The Kier molecular flexibility index (Phi) is 10.5. The number of nitrogens with one attached hydrogen (secondary N) is 2. The molecule has 146 valence electrons. The van der Waals surface area contributed by atoms with Gasteiger partial charge in [-0.25, -0.2) is 21.6 Å². The molecule has 1 aromatic rings. The molecule has 0 aliphatic carbocycles. The third-order valence-electron chi connectivity index (χ3n) is 3.78. The van der Waals surface area contributed by atoms with Crippen molar-refractivity contribution in [2.45, 2.75) is 16.7 Å². The lowest BCUT2D eigenvalue weighted by Crippen LogP contribution is -2.46. The molecule has 0 bridgehead atoms. The predicted molar refractivity (Wildman–Crippen MR) is 103 cm³/mol. The summed E-state index contributed by atoms with van der Waals surface area (Å²) in [5.74, 6) is -0.0626. The standard InChI is InChI=1S/C14H23N3O4S2.2ClH/c1-2-22(18,19)13-4-3-5-14(12-13)23(20,21)16-8-11-17-9-6-15-7-10-17;;/h3-5,12,15-16H,2,6-11H2,1H3;2*1H. The van der Waals surface area contributed by atoms with Gasteiger partial charge in [0.2, 0.25) is 10.0 Å². The highest BCUT2D eigenvalue weighted by molar-refractivity contribution is 7.91. The molecular formula is C14H25Cl2N3O4S2. The van der Waals surface area contributed by atoms with Crippen molar-refractivity contribution in [2.24, 2.45) is 0 Å². The molecule has 0 saturated carbocycles. The van der Waals surface area contributed by atoms with Gasteiger partial charge in [-0.05, 0) is 18.2 Å². The average Bonchev–Trinajstić information content (AvgIpc) is 2.56. The Balaban J connectivity index is 0.00000288. The predicted octanol–water partition coefficient (Wildman–Crippen LogP) is 0.507. The first kappa shape index (κ1) is 24.6. The maximum absolute atomic E-state index is 12.3. The van der Waals surface area contributed by atoms with E-state index in [4.69, 9.17) is 0 Å². The third-order valence-corrected chi connectivity index (χ3v) is 6.98. The first-order valence-electron chi connectivity index (χ1n) is 7.61. The summed E-state index contributed by atoms with van der Waals surface area (Å²) in [6, 6.07) is 5.49. The zero-order chi connectivity index (χ0) is 16.9. The number of nitrogens with zero attached hydrogens (tertiary/aromatic N) is 1. The molecule has 0 unspecified atom stereocenters. The second-order valence-corrected chi connectivity index (χ2v) is 9.41.